The van der Waals surface area contributed by atoms with Gasteiger partial charge in [-0.1, -0.05) is 19.1 Å². The van der Waals surface area contributed by atoms with E-state index in [0.717, 1.165) is 31.4 Å². The minimum absolute atomic E-state index is 0.0249. The van der Waals surface area contributed by atoms with Gasteiger partial charge >= 0.3 is 0 Å². The predicted molar refractivity (Wildman–Crippen MR) is 84.6 cm³/mol. The van der Waals surface area contributed by atoms with Gasteiger partial charge in [0.1, 0.15) is 17.3 Å². The smallest absolute Gasteiger partial charge is 0.145 e. The van der Waals surface area contributed by atoms with E-state index in [2.05, 4.69) is 18.4 Å². The van der Waals surface area contributed by atoms with E-state index in [4.69, 9.17) is 0 Å². The SMILES string of the molecule is C=C1C[C@@]23C[C@@]4(O)[C@@H]5[C@]6(C)CC(=O)C[C@@]57[C@@H]2C[C@@H]1C(=O)[C@@H]3[C@H]7N4C6. The molecule has 2 spiro atoms. The van der Waals surface area contributed by atoms with Crippen molar-refractivity contribution in [2.45, 2.75) is 50.8 Å². The molecule has 6 saturated carbocycles. The maximum Gasteiger partial charge on any atom is 0.145 e. The molecule has 10 atom stereocenters. The number of allylic oxidation sites excluding steroid dienone is 1. The Morgan fingerprint density at radius 1 is 1.25 bits per heavy atom. The first-order chi connectivity index (χ1) is 11.3. The molecule has 1 unspecified atom stereocenters. The van der Waals surface area contributed by atoms with Crippen molar-refractivity contribution in [3.63, 3.8) is 0 Å². The van der Waals surface area contributed by atoms with Gasteiger partial charge in [0, 0.05) is 48.6 Å². The second kappa shape index (κ2) is 3.09. The van der Waals surface area contributed by atoms with Crippen LogP contribution in [-0.4, -0.2) is 39.9 Å². The van der Waals surface area contributed by atoms with Gasteiger partial charge in [-0.15, -0.1) is 0 Å². The fraction of sp³-hybridized carbons (Fsp3) is 0.800. The van der Waals surface area contributed by atoms with Gasteiger partial charge in [-0.25, -0.2) is 0 Å². The Hall–Kier alpha value is -1.00. The maximum absolute atomic E-state index is 13.3. The summed E-state index contributed by atoms with van der Waals surface area (Å²) in [4.78, 5) is 28.3. The maximum atomic E-state index is 13.3. The molecule has 0 aromatic heterocycles. The van der Waals surface area contributed by atoms with Crippen LogP contribution in [0.4, 0.5) is 0 Å². The zero-order chi connectivity index (χ0) is 16.4. The van der Waals surface area contributed by atoms with Crippen LogP contribution in [0.1, 0.15) is 39.0 Å². The number of Topliss-reactive ketones (excluding diaryl/α,β-unsaturated/α-hetero) is 2. The normalized spacial score (nSPS) is 70.0. The minimum Gasteiger partial charge on any atom is -0.375 e. The summed E-state index contributed by atoms with van der Waals surface area (Å²) in [7, 11) is 0. The molecule has 0 aromatic carbocycles. The van der Waals surface area contributed by atoms with Gasteiger partial charge in [0.05, 0.1) is 0 Å². The van der Waals surface area contributed by atoms with E-state index in [9.17, 15) is 14.7 Å². The average molecular weight is 325 g/mol. The van der Waals surface area contributed by atoms with Gasteiger partial charge in [0.2, 0.25) is 0 Å². The summed E-state index contributed by atoms with van der Waals surface area (Å²) in [5, 5.41) is 11.8. The van der Waals surface area contributed by atoms with E-state index in [-0.39, 0.29) is 40.0 Å². The summed E-state index contributed by atoms with van der Waals surface area (Å²) >= 11 is 0. The number of piperidine rings is 2. The van der Waals surface area contributed by atoms with Crippen molar-refractivity contribution in [3.8, 4) is 0 Å². The van der Waals surface area contributed by atoms with E-state index in [1.165, 1.54) is 0 Å². The number of ketones is 2. The highest BCUT2D eigenvalue weighted by Crippen LogP contribution is 2.88. The first kappa shape index (κ1) is 13.2. The molecule has 0 amide bonds. The second-order valence-electron chi connectivity index (χ2n) is 10.5. The van der Waals surface area contributed by atoms with Gasteiger partial charge in [0.25, 0.3) is 0 Å². The largest absolute Gasteiger partial charge is 0.375 e. The third-order valence-corrected chi connectivity index (χ3v) is 9.75. The molecule has 4 heteroatoms. The monoisotopic (exact) mass is 325 g/mol. The van der Waals surface area contributed by atoms with E-state index in [0.29, 0.717) is 30.3 Å². The number of aliphatic hydroxyl groups is 1. The molecular formula is C20H23NO3. The van der Waals surface area contributed by atoms with Crippen LogP contribution in [-0.2, 0) is 9.59 Å². The summed E-state index contributed by atoms with van der Waals surface area (Å²) in [6.07, 6.45) is 3.75. The van der Waals surface area contributed by atoms with Crippen LogP contribution in [0.25, 0.3) is 0 Å². The summed E-state index contributed by atoms with van der Waals surface area (Å²) in [5.74, 6) is 1.45. The lowest BCUT2D eigenvalue weighted by Crippen LogP contribution is -2.66. The molecule has 3 heterocycles. The molecule has 0 aromatic rings. The number of hydrogen-bond donors (Lipinski definition) is 1. The van der Waals surface area contributed by atoms with Crippen LogP contribution in [0, 0.1) is 39.9 Å². The molecule has 9 fully saturated rings. The van der Waals surface area contributed by atoms with Gasteiger partial charge in [-0.2, -0.15) is 0 Å². The Bertz CT molecular complexity index is 805. The lowest BCUT2D eigenvalue weighted by molar-refractivity contribution is -0.217. The molecule has 1 N–H and O–H groups in total. The fourth-order valence-corrected chi connectivity index (χ4v) is 10.1. The molecular weight excluding hydrogens is 302 g/mol. The zero-order valence-corrected chi connectivity index (χ0v) is 14.0. The van der Waals surface area contributed by atoms with Gasteiger partial charge in [-0.05, 0) is 36.0 Å². The Balaban J connectivity index is 1.57. The standard InChI is InChI=1S/C20H23NO3/c1-9-4-18-7-20(24)16-17(2)5-10(22)6-19(16)12(18)3-11(9)14(23)13(18)15(19)21(20)8-17/h11-13,15-16,24H,1,3-8H2,2H3/t11-,12+,13+,15+,16+,17+,18+,19-,20+/m0/s1. The van der Waals surface area contributed by atoms with Crippen molar-refractivity contribution < 1.29 is 14.7 Å². The number of carbonyl (C=O) groups excluding carboxylic acids is 2. The third kappa shape index (κ3) is 0.893. The molecule has 3 saturated heterocycles. The molecule has 126 valence electrons. The van der Waals surface area contributed by atoms with E-state index in [1.807, 2.05) is 0 Å². The predicted octanol–water partition coefficient (Wildman–Crippen LogP) is 1.53. The summed E-state index contributed by atoms with van der Waals surface area (Å²) < 4.78 is 0. The highest BCUT2D eigenvalue weighted by molar-refractivity contribution is 5.93. The zero-order valence-electron chi connectivity index (χ0n) is 14.0. The van der Waals surface area contributed by atoms with E-state index < -0.39 is 5.72 Å². The Morgan fingerprint density at radius 3 is 2.83 bits per heavy atom. The fourth-order valence-electron chi connectivity index (χ4n) is 10.1. The molecule has 6 aliphatic carbocycles. The molecule has 9 bridgehead atoms. The Labute approximate surface area is 141 Å². The van der Waals surface area contributed by atoms with Gasteiger partial charge < -0.3 is 5.11 Å². The highest BCUT2D eigenvalue weighted by atomic mass is 16.3. The molecule has 9 aliphatic rings. The summed E-state index contributed by atoms with van der Waals surface area (Å²) in [6.45, 7) is 7.24. The lowest BCUT2D eigenvalue weighted by Gasteiger charge is -2.63. The van der Waals surface area contributed by atoms with Crippen molar-refractivity contribution in [1.29, 1.82) is 0 Å². The van der Waals surface area contributed by atoms with Gasteiger partial charge in [0.15, 0.2) is 0 Å². The van der Waals surface area contributed by atoms with Crippen molar-refractivity contribution in [1.82, 2.24) is 4.90 Å². The van der Waals surface area contributed by atoms with E-state index in [1.54, 1.807) is 0 Å². The number of carbonyl (C=O) groups is 2. The van der Waals surface area contributed by atoms with Crippen LogP contribution in [0.2, 0.25) is 0 Å². The molecule has 4 nitrogen and oxygen atoms in total. The quantitative estimate of drug-likeness (QED) is 0.686. The highest BCUT2D eigenvalue weighted by Gasteiger charge is 2.92. The first-order valence-electron chi connectivity index (χ1n) is 9.50. The van der Waals surface area contributed by atoms with Crippen molar-refractivity contribution in [3.05, 3.63) is 12.2 Å². The summed E-state index contributed by atoms with van der Waals surface area (Å²) in [5.41, 5.74) is -0.0122. The number of rotatable bonds is 0. The molecule has 0 radical (unpaired) electrons. The molecule has 9 rings (SSSR count). The Morgan fingerprint density at radius 2 is 2.04 bits per heavy atom. The van der Waals surface area contributed by atoms with Crippen LogP contribution >= 0.6 is 0 Å². The van der Waals surface area contributed by atoms with Gasteiger partial charge in [-0.3, -0.25) is 14.5 Å². The average Bonchev–Trinajstić information content (AvgIpc) is 2.80. The topological polar surface area (TPSA) is 57.6 Å². The van der Waals surface area contributed by atoms with Crippen LogP contribution in [0.5, 0.6) is 0 Å². The molecule has 24 heavy (non-hydrogen) atoms. The lowest BCUT2D eigenvalue weighted by atomic mass is 9.40. The number of fused-ring (bicyclic) bond motifs is 1. The minimum atomic E-state index is -0.780. The number of nitrogens with zero attached hydrogens (tertiary/aromatic N) is 1. The second-order valence-corrected chi connectivity index (χ2v) is 10.5. The van der Waals surface area contributed by atoms with Crippen LogP contribution in [0.15, 0.2) is 12.2 Å². The Kier molecular flexibility index (Phi) is 1.71. The van der Waals surface area contributed by atoms with E-state index >= 15 is 0 Å². The molecule has 3 aliphatic heterocycles. The third-order valence-electron chi connectivity index (χ3n) is 9.75. The van der Waals surface area contributed by atoms with Crippen molar-refractivity contribution in [2.24, 2.45) is 39.9 Å². The van der Waals surface area contributed by atoms with Crippen molar-refractivity contribution >= 4 is 11.6 Å². The van der Waals surface area contributed by atoms with Crippen LogP contribution < -0.4 is 0 Å². The number of hydrogen-bond acceptors (Lipinski definition) is 4. The first-order valence-corrected chi connectivity index (χ1v) is 9.50. The van der Waals surface area contributed by atoms with Crippen LogP contribution in [0.3, 0.4) is 0 Å². The summed E-state index contributed by atoms with van der Waals surface area (Å²) in [6, 6.07) is 0.120. The van der Waals surface area contributed by atoms with Crippen molar-refractivity contribution in [2.75, 3.05) is 6.54 Å².